The van der Waals surface area contributed by atoms with E-state index in [0.29, 0.717) is 17.2 Å². The summed E-state index contributed by atoms with van der Waals surface area (Å²) in [5, 5.41) is 2.78. The second-order valence-electron chi connectivity index (χ2n) is 6.31. The molecule has 0 bridgehead atoms. The number of ether oxygens (including phenoxy) is 2. The van der Waals surface area contributed by atoms with E-state index in [0.717, 1.165) is 0 Å². The van der Waals surface area contributed by atoms with Gasteiger partial charge in [-0.25, -0.2) is 0 Å². The van der Waals surface area contributed by atoms with Crippen LogP contribution in [0.1, 0.15) is 26.3 Å². The van der Waals surface area contributed by atoms with Crippen molar-refractivity contribution < 1.29 is 14.3 Å². The van der Waals surface area contributed by atoms with Crippen LogP contribution in [0.15, 0.2) is 48.5 Å². The summed E-state index contributed by atoms with van der Waals surface area (Å²) in [6.07, 6.45) is 0. The van der Waals surface area contributed by atoms with Crippen LogP contribution in [0.25, 0.3) is 0 Å². The van der Waals surface area contributed by atoms with Gasteiger partial charge in [-0.05, 0) is 35.2 Å². The lowest BCUT2D eigenvalue weighted by molar-refractivity contribution is -0.118. The molecule has 2 aromatic carbocycles. The van der Waals surface area contributed by atoms with Crippen molar-refractivity contribution in [3.8, 4) is 11.5 Å². The first-order valence-electron chi connectivity index (χ1n) is 7.56. The van der Waals surface area contributed by atoms with Gasteiger partial charge in [0.25, 0.3) is 5.91 Å². The minimum Gasteiger partial charge on any atom is -0.495 e. The Bertz CT molecular complexity index is 657. The molecule has 1 N–H and O–H groups in total. The number of carbonyl (C=O) groups is 1. The lowest BCUT2D eigenvalue weighted by atomic mass is 9.87. The molecular weight excluding hydrogens is 290 g/mol. The Balaban J connectivity index is 1.92. The number of benzene rings is 2. The second kappa shape index (κ2) is 7.18. The summed E-state index contributed by atoms with van der Waals surface area (Å²) >= 11 is 0. The molecule has 0 aromatic heterocycles. The molecule has 0 fully saturated rings. The highest BCUT2D eigenvalue weighted by atomic mass is 16.5. The summed E-state index contributed by atoms with van der Waals surface area (Å²) in [5.74, 6) is 1.07. The van der Waals surface area contributed by atoms with Crippen LogP contribution in [0.3, 0.4) is 0 Å². The van der Waals surface area contributed by atoms with E-state index in [1.807, 2.05) is 36.4 Å². The first-order valence-corrected chi connectivity index (χ1v) is 7.56. The average molecular weight is 313 g/mol. The Morgan fingerprint density at radius 1 is 1.04 bits per heavy atom. The standard InChI is InChI=1S/C19H23NO3/c1-19(2,3)14-9-11-15(12-10-14)23-13-18(21)20-16-7-5-6-8-17(16)22-4/h5-12H,13H2,1-4H3,(H,20,21). The number of rotatable bonds is 5. The van der Waals surface area contributed by atoms with Crippen LogP contribution < -0.4 is 14.8 Å². The number of amides is 1. The molecular formula is C19H23NO3. The third-order valence-electron chi connectivity index (χ3n) is 3.47. The van der Waals surface area contributed by atoms with E-state index in [1.54, 1.807) is 19.2 Å². The van der Waals surface area contributed by atoms with E-state index >= 15 is 0 Å². The number of para-hydroxylation sites is 2. The molecule has 0 heterocycles. The lowest BCUT2D eigenvalue weighted by Gasteiger charge is -2.19. The van der Waals surface area contributed by atoms with Gasteiger partial charge in [0.05, 0.1) is 12.8 Å². The third-order valence-corrected chi connectivity index (χ3v) is 3.47. The van der Waals surface area contributed by atoms with E-state index < -0.39 is 0 Å². The molecule has 0 aliphatic rings. The molecule has 4 nitrogen and oxygen atoms in total. The van der Waals surface area contributed by atoms with Crippen LogP contribution in [0.5, 0.6) is 11.5 Å². The van der Waals surface area contributed by atoms with Crippen molar-refractivity contribution in [3.63, 3.8) is 0 Å². The van der Waals surface area contributed by atoms with Gasteiger partial charge < -0.3 is 14.8 Å². The zero-order chi connectivity index (χ0) is 16.9. The Kier molecular flexibility index (Phi) is 5.27. The molecule has 4 heteroatoms. The first kappa shape index (κ1) is 16.9. The molecule has 0 aliphatic heterocycles. The predicted molar refractivity (Wildman–Crippen MR) is 92.3 cm³/mol. The van der Waals surface area contributed by atoms with Crippen LogP contribution in [-0.4, -0.2) is 19.6 Å². The molecule has 0 atom stereocenters. The van der Waals surface area contributed by atoms with Crippen molar-refractivity contribution in [2.24, 2.45) is 0 Å². The van der Waals surface area contributed by atoms with Crippen molar-refractivity contribution in [1.29, 1.82) is 0 Å². The molecule has 0 saturated carbocycles. The third kappa shape index (κ3) is 4.74. The maximum absolute atomic E-state index is 12.0. The summed E-state index contributed by atoms with van der Waals surface area (Å²) in [6.45, 7) is 6.42. The lowest BCUT2D eigenvalue weighted by Crippen LogP contribution is -2.20. The van der Waals surface area contributed by atoms with Gasteiger partial charge in [-0.2, -0.15) is 0 Å². The maximum Gasteiger partial charge on any atom is 0.262 e. The van der Waals surface area contributed by atoms with Crippen molar-refractivity contribution in [2.45, 2.75) is 26.2 Å². The zero-order valence-corrected chi connectivity index (χ0v) is 14.1. The summed E-state index contributed by atoms with van der Waals surface area (Å²) in [5.41, 5.74) is 1.95. The Morgan fingerprint density at radius 2 is 1.70 bits per heavy atom. The second-order valence-corrected chi connectivity index (χ2v) is 6.31. The molecule has 0 aliphatic carbocycles. The highest BCUT2D eigenvalue weighted by molar-refractivity contribution is 5.93. The number of methoxy groups -OCH3 is 1. The van der Waals surface area contributed by atoms with Gasteiger partial charge in [-0.3, -0.25) is 4.79 Å². The topological polar surface area (TPSA) is 47.6 Å². The van der Waals surface area contributed by atoms with Crippen molar-refractivity contribution in [1.82, 2.24) is 0 Å². The predicted octanol–water partition coefficient (Wildman–Crippen LogP) is 4.01. The molecule has 2 aromatic rings. The fourth-order valence-electron chi connectivity index (χ4n) is 2.13. The fourth-order valence-corrected chi connectivity index (χ4v) is 2.13. The zero-order valence-electron chi connectivity index (χ0n) is 14.1. The van der Waals surface area contributed by atoms with Crippen LogP contribution >= 0.6 is 0 Å². The number of nitrogens with one attached hydrogen (secondary N) is 1. The Morgan fingerprint density at radius 3 is 2.30 bits per heavy atom. The van der Waals surface area contributed by atoms with Crippen molar-refractivity contribution in [3.05, 3.63) is 54.1 Å². The minimum absolute atomic E-state index is 0.0487. The molecule has 0 unspecified atom stereocenters. The van der Waals surface area contributed by atoms with E-state index in [1.165, 1.54) is 5.56 Å². The quantitative estimate of drug-likeness (QED) is 0.907. The van der Waals surface area contributed by atoms with Crippen LogP contribution in [0.2, 0.25) is 0 Å². The number of hydrogen-bond donors (Lipinski definition) is 1. The molecule has 0 saturated heterocycles. The fraction of sp³-hybridized carbons (Fsp3) is 0.316. The summed E-state index contributed by atoms with van der Waals surface area (Å²) < 4.78 is 10.7. The van der Waals surface area contributed by atoms with Gasteiger partial charge in [0, 0.05) is 0 Å². The normalized spacial score (nSPS) is 11.0. The van der Waals surface area contributed by atoms with E-state index in [4.69, 9.17) is 9.47 Å². The Hall–Kier alpha value is -2.49. The highest BCUT2D eigenvalue weighted by Crippen LogP contribution is 2.25. The number of hydrogen-bond acceptors (Lipinski definition) is 3. The Labute approximate surface area is 137 Å². The molecule has 122 valence electrons. The number of carbonyl (C=O) groups excluding carboxylic acids is 1. The van der Waals surface area contributed by atoms with Crippen LogP contribution in [0.4, 0.5) is 5.69 Å². The smallest absolute Gasteiger partial charge is 0.262 e. The summed E-state index contributed by atoms with van der Waals surface area (Å²) in [6, 6.07) is 15.1. The average Bonchev–Trinajstić information content (AvgIpc) is 2.53. The first-order chi connectivity index (χ1) is 10.9. The highest BCUT2D eigenvalue weighted by Gasteiger charge is 2.13. The number of anilines is 1. The van der Waals surface area contributed by atoms with Gasteiger partial charge in [0.2, 0.25) is 0 Å². The van der Waals surface area contributed by atoms with Crippen molar-refractivity contribution in [2.75, 3.05) is 19.0 Å². The van der Waals surface area contributed by atoms with E-state index in [-0.39, 0.29) is 17.9 Å². The largest absolute Gasteiger partial charge is 0.495 e. The SMILES string of the molecule is COc1ccccc1NC(=O)COc1ccc(C(C)(C)C)cc1. The van der Waals surface area contributed by atoms with Crippen LogP contribution in [0, 0.1) is 0 Å². The monoisotopic (exact) mass is 313 g/mol. The molecule has 0 radical (unpaired) electrons. The van der Waals surface area contributed by atoms with Gasteiger partial charge >= 0.3 is 0 Å². The maximum atomic E-state index is 12.0. The van der Waals surface area contributed by atoms with Gasteiger partial charge in [0.1, 0.15) is 11.5 Å². The van der Waals surface area contributed by atoms with Gasteiger partial charge in [-0.1, -0.05) is 45.0 Å². The van der Waals surface area contributed by atoms with Crippen molar-refractivity contribution >= 4 is 11.6 Å². The van der Waals surface area contributed by atoms with Gasteiger partial charge in [0.15, 0.2) is 6.61 Å². The van der Waals surface area contributed by atoms with Gasteiger partial charge in [-0.15, -0.1) is 0 Å². The van der Waals surface area contributed by atoms with E-state index in [9.17, 15) is 4.79 Å². The molecule has 23 heavy (non-hydrogen) atoms. The summed E-state index contributed by atoms with van der Waals surface area (Å²) in [4.78, 5) is 12.0. The van der Waals surface area contributed by atoms with Crippen LogP contribution in [-0.2, 0) is 10.2 Å². The molecule has 1 amide bonds. The molecule has 0 spiro atoms. The molecule has 2 rings (SSSR count). The summed E-state index contributed by atoms with van der Waals surface area (Å²) in [7, 11) is 1.57. The minimum atomic E-state index is -0.227. The van der Waals surface area contributed by atoms with E-state index in [2.05, 4.69) is 26.1 Å².